The molecule has 1 aromatic carbocycles. The van der Waals surface area contributed by atoms with Crippen LogP contribution < -0.4 is 0 Å². The summed E-state index contributed by atoms with van der Waals surface area (Å²) in [7, 11) is 0. The van der Waals surface area contributed by atoms with Crippen molar-refractivity contribution in [2.45, 2.75) is 19.3 Å². The van der Waals surface area contributed by atoms with Gasteiger partial charge in [0.1, 0.15) is 6.29 Å². The average molecular weight is 183 g/mol. The molecule has 64 valence electrons. The van der Waals surface area contributed by atoms with Gasteiger partial charge in [-0.25, -0.2) is 0 Å². The van der Waals surface area contributed by atoms with Crippen LogP contribution in [0.4, 0.5) is 0 Å². The van der Waals surface area contributed by atoms with Gasteiger partial charge in [0.25, 0.3) is 0 Å². The zero-order chi connectivity index (χ0) is 9.19. The summed E-state index contributed by atoms with van der Waals surface area (Å²) in [5, 5.41) is 0.669. The molecule has 0 aliphatic rings. The van der Waals surface area contributed by atoms with Crippen LogP contribution in [0.15, 0.2) is 24.3 Å². The van der Waals surface area contributed by atoms with Crippen LogP contribution in [0.1, 0.15) is 19.4 Å². The Morgan fingerprint density at radius 3 is 2.58 bits per heavy atom. The molecule has 1 aromatic rings. The van der Waals surface area contributed by atoms with Crippen molar-refractivity contribution in [1.29, 1.82) is 0 Å². The quantitative estimate of drug-likeness (QED) is 0.643. The Hall–Kier alpha value is -0.820. The summed E-state index contributed by atoms with van der Waals surface area (Å²) in [5.41, 5.74) is 0.509. The SMILES string of the molecule is CC(C)(C=O)c1cccc(Cl)c1. The van der Waals surface area contributed by atoms with Crippen LogP contribution in [-0.2, 0) is 10.2 Å². The van der Waals surface area contributed by atoms with E-state index in [4.69, 9.17) is 11.6 Å². The van der Waals surface area contributed by atoms with Gasteiger partial charge in [0, 0.05) is 10.4 Å². The fourth-order valence-corrected chi connectivity index (χ4v) is 1.15. The van der Waals surface area contributed by atoms with E-state index in [1.165, 1.54) is 0 Å². The van der Waals surface area contributed by atoms with Crippen LogP contribution >= 0.6 is 11.6 Å². The van der Waals surface area contributed by atoms with Crippen molar-refractivity contribution in [2.24, 2.45) is 0 Å². The largest absolute Gasteiger partial charge is 0.302 e. The van der Waals surface area contributed by atoms with Gasteiger partial charge >= 0.3 is 0 Å². The first-order valence-electron chi connectivity index (χ1n) is 3.78. The molecule has 0 aromatic heterocycles. The molecule has 12 heavy (non-hydrogen) atoms. The Morgan fingerprint density at radius 1 is 1.42 bits per heavy atom. The van der Waals surface area contributed by atoms with E-state index in [2.05, 4.69) is 0 Å². The summed E-state index contributed by atoms with van der Waals surface area (Å²) in [6.45, 7) is 3.73. The van der Waals surface area contributed by atoms with Gasteiger partial charge in [-0.05, 0) is 31.5 Å². The van der Waals surface area contributed by atoms with Crippen molar-refractivity contribution in [2.75, 3.05) is 0 Å². The lowest BCUT2D eigenvalue weighted by Gasteiger charge is -2.16. The van der Waals surface area contributed by atoms with E-state index in [-0.39, 0.29) is 0 Å². The standard InChI is InChI=1S/C10H11ClO/c1-10(2,7-12)8-4-3-5-9(11)6-8/h3-7H,1-2H3. The molecular weight excluding hydrogens is 172 g/mol. The molecule has 1 nitrogen and oxygen atoms in total. The van der Waals surface area contributed by atoms with Gasteiger partial charge in [-0.1, -0.05) is 23.7 Å². The fourth-order valence-electron chi connectivity index (χ4n) is 0.957. The normalized spacial score (nSPS) is 11.2. The molecule has 0 bridgehead atoms. The van der Waals surface area contributed by atoms with Gasteiger partial charge in [-0.2, -0.15) is 0 Å². The molecule has 0 amide bonds. The molecule has 0 spiro atoms. The highest BCUT2D eigenvalue weighted by atomic mass is 35.5. The van der Waals surface area contributed by atoms with E-state index in [1.807, 2.05) is 32.0 Å². The van der Waals surface area contributed by atoms with E-state index in [0.717, 1.165) is 11.8 Å². The summed E-state index contributed by atoms with van der Waals surface area (Å²) in [4.78, 5) is 10.7. The first kappa shape index (κ1) is 9.27. The zero-order valence-corrected chi connectivity index (χ0v) is 7.93. The molecule has 0 aliphatic heterocycles. The number of carbonyl (C=O) groups is 1. The molecule has 0 unspecified atom stereocenters. The van der Waals surface area contributed by atoms with E-state index in [1.54, 1.807) is 6.07 Å². The summed E-state index contributed by atoms with van der Waals surface area (Å²) in [6.07, 6.45) is 0.929. The molecular formula is C10H11ClO. The third-order valence-corrected chi connectivity index (χ3v) is 2.10. The topological polar surface area (TPSA) is 17.1 Å². The van der Waals surface area contributed by atoms with E-state index < -0.39 is 5.41 Å². The molecule has 0 saturated carbocycles. The Labute approximate surface area is 77.4 Å². The maximum atomic E-state index is 10.7. The van der Waals surface area contributed by atoms with Crippen LogP contribution in [0, 0.1) is 0 Å². The van der Waals surface area contributed by atoms with Crippen molar-refractivity contribution in [3.8, 4) is 0 Å². The first-order chi connectivity index (χ1) is 5.56. The Balaban J connectivity index is 3.11. The molecule has 0 fully saturated rings. The van der Waals surface area contributed by atoms with E-state index in [0.29, 0.717) is 5.02 Å². The lowest BCUT2D eigenvalue weighted by molar-refractivity contribution is -0.111. The van der Waals surface area contributed by atoms with Crippen molar-refractivity contribution < 1.29 is 4.79 Å². The zero-order valence-electron chi connectivity index (χ0n) is 7.17. The lowest BCUT2D eigenvalue weighted by Crippen LogP contribution is -2.18. The fraction of sp³-hybridized carbons (Fsp3) is 0.300. The highest BCUT2D eigenvalue weighted by Crippen LogP contribution is 2.22. The molecule has 0 radical (unpaired) electrons. The Kier molecular flexibility index (Phi) is 2.53. The molecule has 0 aliphatic carbocycles. The van der Waals surface area contributed by atoms with Gasteiger partial charge in [-0.15, -0.1) is 0 Å². The molecule has 2 heteroatoms. The summed E-state index contributed by atoms with van der Waals surface area (Å²) in [5.74, 6) is 0. The van der Waals surface area contributed by atoms with Gasteiger partial charge < -0.3 is 4.79 Å². The second-order valence-corrected chi connectivity index (χ2v) is 3.79. The van der Waals surface area contributed by atoms with Crippen LogP contribution in [0.5, 0.6) is 0 Å². The van der Waals surface area contributed by atoms with Gasteiger partial charge in [-0.3, -0.25) is 0 Å². The molecule has 0 saturated heterocycles. The Morgan fingerprint density at radius 2 is 2.08 bits per heavy atom. The predicted octanol–water partition coefficient (Wildman–Crippen LogP) is 2.82. The monoisotopic (exact) mass is 182 g/mol. The van der Waals surface area contributed by atoms with Crippen LogP contribution in [0.2, 0.25) is 5.02 Å². The minimum atomic E-state index is -0.440. The third kappa shape index (κ3) is 1.86. The minimum Gasteiger partial charge on any atom is -0.302 e. The summed E-state index contributed by atoms with van der Waals surface area (Å²) < 4.78 is 0. The molecule has 0 N–H and O–H groups in total. The first-order valence-corrected chi connectivity index (χ1v) is 4.16. The maximum Gasteiger partial charge on any atom is 0.129 e. The van der Waals surface area contributed by atoms with Crippen LogP contribution in [0.3, 0.4) is 0 Å². The number of aldehydes is 1. The number of hydrogen-bond acceptors (Lipinski definition) is 1. The predicted molar refractivity (Wildman–Crippen MR) is 50.5 cm³/mol. The van der Waals surface area contributed by atoms with E-state index in [9.17, 15) is 4.79 Å². The second-order valence-electron chi connectivity index (χ2n) is 3.35. The number of halogens is 1. The molecule has 0 atom stereocenters. The van der Waals surface area contributed by atoms with Crippen molar-refractivity contribution in [3.63, 3.8) is 0 Å². The van der Waals surface area contributed by atoms with Gasteiger partial charge in [0.15, 0.2) is 0 Å². The van der Waals surface area contributed by atoms with E-state index >= 15 is 0 Å². The van der Waals surface area contributed by atoms with Gasteiger partial charge in [0.05, 0.1) is 0 Å². The van der Waals surface area contributed by atoms with Crippen molar-refractivity contribution in [3.05, 3.63) is 34.9 Å². The number of rotatable bonds is 2. The lowest BCUT2D eigenvalue weighted by atomic mass is 9.86. The molecule has 0 heterocycles. The second kappa shape index (κ2) is 3.28. The molecule has 1 rings (SSSR count). The third-order valence-electron chi connectivity index (χ3n) is 1.86. The average Bonchev–Trinajstić information content (AvgIpc) is 2.05. The van der Waals surface area contributed by atoms with Gasteiger partial charge in [0.2, 0.25) is 0 Å². The Bertz CT molecular complexity index is 292. The number of carbonyl (C=O) groups excluding carboxylic acids is 1. The summed E-state index contributed by atoms with van der Waals surface area (Å²) >= 11 is 5.79. The highest BCUT2D eigenvalue weighted by molar-refractivity contribution is 6.30. The smallest absolute Gasteiger partial charge is 0.129 e. The maximum absolute atomic E-state index is 10.7. The number of benzene rings is 1. The van der Waals surface area contributed by atoms with Crippen LogP contribution in [0.25, 0.3) is 0 Å². The van der Waals surface area contributed by atoms with Crippen molar-refractivity contribution in [1.82, 2.24) is 0 Å². The van der Waals surface area contributed by atoms with Crippen molar-refractivity contribution >= 4 is 17.9 Å². The minimum absolute atomic E-state index is 0.440. The highest BCUT2D eigenvalue weighted by Gasteiger charge is 2.18. The van der Waals surface area contributed by atoms with Crippen LogP contribution in [-0.4, -0.2) is 6.29 Å². The number of hydrogen-bond donors (Lipinski definition) is 0. The summed E-state index contributed by atoms with van der Waals surface area (Å²) in [6, 6.07) is 7.37.